The van der Waals surface area contributed by atoms with Gasteiger partial charge in [0.25, 0.3) is 5.91 Å². The van der Waals surface area contributed by atoms with E-state index >= 15 is 0 Å². The molecule has 0 atom stereocenters. The van der Waals surface area contributed by atoms with Crippen molar-refractivity contribution in [3.63, 3.8) is 0 Å². The van der Waals surface area contributed by atoms with E-state index in [0.29, 0.717) is 24.6 Å². The van der Waals surface area contributed by atoms with Gasteiger partial charge >= 0.3 is 0 Å². The zero-order valence-electron chi connectivity index (χ0n) is 13.0. The molecule has 0 unspecified atom stereocenters. The number of nitrogens with two attached hydrogens (primary N) is 1. The number of carbonyl (C=O) groups excluding carboxylic acids is 1. The van der Waals surface area contributed by atoms with Crippen molar-refractivity contribution in [3.8, 4) is 0 Å². The summed E-state index contributed by atoms with van der Waals surface area (Å²) in [5.74, 6) is 0.293. The van der Waals surface area contributed by atoms with E-state index in [-0.39, 0.29) is 29.9 Å². The van der Waals surface area contributed by atoms with Crippen molar-refractivity contribution in [2.24, 2.45) is 10.7 Å². The molecule has 0 aromatic heterocycles. The molecule has 5 nitrogen and oxygen atoms in total. The zero-order chi connectivity index (χ0) is 15.8. The van der Waals surface area contributed by atoms with Gasteiger partial charge in [-0.1, -0.05) is 30.3 Å². The van der Waals surface area contributed by atoms with E-state index in [1.807, 2.05) is 49.4 Å². The number of halogens is 1. The van der Waals surface area contributed by atoms with Gasteiger partial charge in [0.15, 0.2) is 5.96 Å². The van der Waals surface area contributed by atoms with Crippen LogP contribution in [0.2, 0.25) is 0 Å². The highest BCUT2D eigenvalue weighted by atomic mass is 127. The van der Waals surface area contributed by atoms with Gasteiger partial charge in [0.1, 0.15) is 0 Å². The van der Waals surface area contributed by atoms with Crippen LogP contribution < -0.4 is 16.4 Å². The summed E-state index contributed by atoms with van der Waals surface area (Å²) in [4.78, 5) is 15.9. The summed E-state index contributed by atoms with van der Waals surface area (Å²) in [6.07, 6.45) is 0. The lowest BCUT2D eigenvalue weighted by atomic mass is 10.1. The Morgan fingerprint density at radius 1 is 1.09 bits per heavy atom. The average Bonchev–Trinajstić information content (AvgIpc) is 2.54. The lowest BCUT2D eigenvalue weighted by molar-refractivity contribution is 0.0956. The smallest absolute Gasteiger partial charge is 0.251 e. The van der Waals surface area contributed by atoms with Gasteiger partial charge in [0, 0.05) is 17.8 Å². The SMILES string of the molecule is CCNC(=O)c1ccc(CN=C(N)Nc2ccccc2)cc1.I. The monoisotopic (exact) mass is 424 g/mol. The fraction of sp³-hybridized carbons (Fsp3) is 0.176. The minimum atomic E-state index is -0.0668. The summed E-state index contributed by atoms with van der Waals surface area (Å²) in [6, 6.07) is 17.0. The van der Waals surface area contributed by atoms with Crippen molar-refractivity contribution in [1.82, 2.24) is 5.32 Å². The molecule has 0 spiro atoms. The Labute approximate surface area is 153 Å². The highest BCUT2D eigenvalue weighted by molar-refractivity contribution is 14.0. The third kappa shape index (κ3) is 6.27. The average molecular weight is 424 g/mol. The van der Waals surface area contributed by atoms with Crippen LogP contribution in [0.15, 0.2) is 59.6 Å². The highest BCUT2D eigenvalue weighted by Crippen LogP contribution is 2.07. The van der Waals surface area contributed by atoms with Gasteiger partial charge in [-0.15, -0.1) is 24.0 Å². The van der Waals surface area contributed by atoms with Crippen molar-refractivity contribution in [3.05, 3.63) is 65.7 Å². The molecule has 0 bridgehead atoms. The van der Waals surface area contributed by atoms with Crippen molar-refractivity contribution in [2.75, 3.05) is 11.9 Å². The number of nitrogens with one attached hydrogen (secondary N) is 2. The van der Waals surface area contributed by atoms with Gasteiger partial charge < -0.3 is 16.4 Å². The van der Waals surface area contributed by atoms with Crippen LogP contribution in [0.3, 0.4) is 0 Å². The summed E-state index contributed by atoms with van der Waals surface area (Å²) in [5.41, 5.74) is 8.38. The summed E-state index contributed by atoms with van der Waals surface area (Å²) in [6.45, 7) is 2.97. The minimum Gasteiger partial charge on any atom is -0.370 e. The summed E-state index contributed by atoms with van der Waals surface area (Å²) in [5, 5.41) is 5.78. The molecule has 2 rings (SSSR count). The van der Waals surface area contributed by atoms with E-state index in [0.717, 1.165) is 11.3 Å². The number of hydrogen-bond donors (Lipinski definition) is 3. The first kappa shape index (κ1) is 19.0. The fourth-order valence-corrected chi connectivity index (χ4v) is 1.91. The van der Waals surface area contributed by atoms with Gasteiger partial charge in [0.2, 0.25) is 0 Å². The van der Waals surface area contributed by atoms with Crippen LogP contribution >= 0.6 is 24.0 Å². The number of carbonyl (C=O) groups is 1. The molecule has 0 radical (unpaired) electrons. The number of rotatable bonds is 5. The van der Waals surface area contributed by atoms with E-state index in [9.17, 15) is 4.79 Å². The Hall–Kier alpha value is -2.09. The Morgan fingerprint density at radius 2 is 1.74 bits per heavy atom. The fourth-order valence-electron chi connectivity index (χ4n) is 1.91. The topological polar surface area (TPSA) is 79.5 Å². The molecule has 0 saturated carbocycles. The van der Waals surface area contributed by atoms with Crippen molar-refractivity contribution >= 4 is 41.5 Å². The van der Waals surface area contributed by atoms with Crippen LogP contribution in [0, 0.1) is 0 Å². The van der Waals surface area contributed by atoms with Crippen LogP contribution in [-0.2, 0) is 6.54 Å². The molecule has 0 aliphatic carbocycles. The van der Waals surface area contributed by atoms with Crippen LogP contribution in [0.4, 0.5) is 5.69 Å². The van der Waals surface area contributed by atoms with E-state index in [4.69, 9.17) is 5.73 Å². The predicted octanol–water partition coefficient (Wildman–Crippen LogP) is 2.98. The van der Waals surface area contributed by atoms with Gasteiger partial charge in [0.05, 0.1) is 6.54 Å². The van der Waals surface area contributed by atoms with Crippen molar-refractivity contribution in [2.45, 2.75) is 13.5 Å². The molecule has 4 N–H and O–H groups in total. The second-order valence-corrected chi connectivity index (χ2v) is 4.75. The third-order valence-corrected chi connectivity index (χ3v) is 3.03. The predicted molar refractivity (Wildman–Crippen MR) is 105 cm³/mol. The molecule has 0 aliphatic heterocycles. The van der Waals surface area contributed by atoms with Crippen LogP contribution in [0.25, 0.3) is 0 Å². The maximum atomic E-state index is 11.7. The Bertz CT molecular complexity index is 641. The van der Waals surface area contributed by atoms with Gasteiger partial charge in [-0.2, -0.15) is 0 Å². The van der Waals surface area contributed by atoms with Gasteiger partial charge in [-0.3, -0.25) is 4.79 Å². The van der Waals surface area contributed by atoms with Crippen LogP contribution in [-0.4, -0.2) is 18.4 Å². The largest absolute Gasteiger partial charge is 0.370 e. The minimum absolute atomic E-state index is 0. The highest BCUT2D eigenvalue weighted by Gasteiger charge is 2.03. The number of aliphatic imine (C=N–C) groups is 1. The standard InChI is InChI=1S/C17H20N4O.HI/c1-2-19-16(22)14-10-8-13(9-11-14)12-20-17(18)21-15-6-4-3-5-7-15;/h3-11H,2,12H2,1H3,(H,19,22)(H3,18,20,21);1H. The van der Waals surface area contributed by atoms with Crippen molar-refractivity contribution < 1.29 is 4.79 Å². The first-order valence-electron chi connectivity index (χ1n) is 7.18. The van der Waals surface area contributed by atoms with Crippen LogP contribution in [0.5, 0.6) is 0 Å². The molecule has 23 heavy (non-hydrogen) atoms. The number of nitrogens with zero attached hydrogens (tertiary/aromatic N) is 1. The molecule has 0 saturated heterocycles. The molecule has 0 fully saturated rings. The number of amides is 1. The zero-order valence-corrected chi connectivity index (χ0v) is 15.3. The van der Waals surface area contributed by atoms with E-state index < -0.39 is 0 Å². The number of hydrogen-bond acceptors (Lipinski definition) is 2. The van der Waals surface area contributed by atoms with Gasteiger partial charge in [-0.05, 0) is 36.8 Å². The number of benzene rings is 2. The summed E-state index contributed by atoms with van der Waals surface area (Å²) < 4.78 is 0. The molecular formula is C17H21IN4O. The maximum absolute atomic E-state index is 11.7. The molecule has 2 aromatic carbocycles. The normalized spacial score (nSPS) is 10.6. The van der Waals surface area contributed by atoms with E-state index in [2.05, 4.69) is 15.6 Å². The van der Waals surface area contributed by atoms with E-state index in [1.165, 1.54) is 0 Å². The molecule has 0 aliphatic rings. The first-order valence-corrected chi connectivity index (χ1v) is 7.18. The number of para-hydroxylation sites is 1. The Morgan fingerprint density at radius 3 is 2.35 bits per heavy atom. The summed E-state index contributed by atoms with van der Waals surface area (Å²) >= 11 is 0. The van der Waals surface area contributed by atoms with E-state index in [1.54, 1.807) is 12.1 Å². The molecule has 1 amide bonds. The Kier molecular flexibility index (Phi) is 8.10. The lowest BCUT2D eigenvalue weighted by Crippen LogP contribution is -2.23. The third-order valence-electron chi connectivity index (χ3n) is 3.03. The lowest BCUT2D eigenvalue weighted by Gasteiger charge is -2.06. The Balaban J connectivity index is 0.00000264. The quantitative estimate of drug-likeness (QED) is 0.392. The molecule has 122 valence electrons. The molecule has 2 aromatic rings. The second-order valence-electron chi connectivity index (χ2n) is 4.75. The van der Waals surface area contributed by atoms with Gasteiger partial charge in [-0.25, -0.2) is 4.99 Å². The first-order chi connectivity index (χ1) is 10.7. The molecule has 0 heterocycles. The van der Waals surface area contributed by atoms with Crippen LogP contribution in [0.1, 0.15) is 22.8 Å². The molecular weight excluding hydrogens is 403 g/mol. The van der Waals surface area contributed by atoms with Crippen molar-refractivity contribution in [1.29, 1.82) is 0 Å². The second kappa shape index (κ2) is 9.83. The number of anilines is 1. The maximum Gasteiger partial charge on any atom is 0.251 e. The molecule has 6 heteroatoms. The number of guanidine groups is 1. The summed E-state index contributed by atoms with van der Waals surface area (Å²) in [7, 11) is 0.